The Bertz CT molecular complexity index is 1650. The second-order valence-electron chi connectivity index (χ2n) is 11.1. The molecule has 2 N–H and O–H groups in total. The maximum atomic E-state index is 14.0. The van der Waals surface area contributed by atoms with Crippen LogP contribution in [0.3, 0.4) is 0 Å². The summed E-state index contributed by atoms with van der Waals surface area (Å²) in [6.07, 6.45) is -9.54. The summed E-state index contributed by atoms with van der Waals surface area (Å²) in [5, 5.41) is 10.6. The minimum atomic E-state index is -5.08. The number of carbonyl (C=O) groups excluding carboxylic acids is 2. The van der Waals surface area contributed by atoms with Gasteiger partial charge in [0.05, 0.1) is 33.8 Å². The molecule has 0 bridgehead atoms. The number of aromatic nitrogens is 2. The highest BCUT2D eigenvalue weighted by atomic mass is 32.2. The monoisotopic (exact) mass is 625 g/mol. The number of halogens is 6. The standard InChI is InChI=1S/C28H25F6N5O3S/c1-26(2,3)42-25(41)39-12-18(13-39)36-24-37-23(40)22(43-24)19(14-5-7-21-16(8-14)11-35-38-21)9-15-4-6-17(27(29,30)31)10-20(15)28(32,33)34/h4-8,10-11,18H,9,12-13H2,1-3H3,(H,35,38)(H,36,37,40). The van der Waals surface area contributed by atoms with Crippen molar-refractivity contribution in [3.63, 3.8) is 0 Å². The molecule has 0 spiro atoms. The van der Waals surface area contributed by atoms with Crippen molar-refractivity contribution < 1.29 is 40.7 Å². The van der Waals surface area contributed by atoms with Gasteiger partial charge in [-0.2, -0.15) is 36.4 Å². The van der Waals surface area contributed by atoms with E-state index in [1.165, 1.54) is 11.1 Å². The average Bonchev–Trinajstić information content (AvgIpc) is 3.47. The first kappa shape index (κ1) is 30.4. The molecule has 2 aromatic carbocycles. The molecule has 0 atom stereocenters. The lowest BCUT2D eigenvalue weighted by atomic mass is 9.92. The minimum absolute atomic E-state index is 0.0293. The smallest absolute Gasteiger partial charge is 0.416 e. The first-order chi connectivity index (χ1) is 20.0. The van der Waals surface area contributed by atoms with Crippen LogP contribution in [-0.2, 0) is 28.3 Å². The fraction of sp³-hybridized carbons (Fsp3) is 0.357. The van der Waals surface area contributed by atoms with Gasteiger partial charge in [-0.25, -0.2) is 4.79 Å². The van der Waals surface area contributed by atoms with Crippen molar-refractivity contribution in [2.75, 3.05) is 13.1 Å². The zero-order chi connectivity index (χ0) is 31.3. The van der Waals surface area contributed by atoms with Crippen LogP contribution in [0.4, 0.5) is 31.1 Å². The quantitative estimate of drug-likeness (QED) is 0.258. The van der Waals surface area contributed by atoms with Gasteiger partial charge in [-0.05, 0) is 79.9 Å². The number of fused-ring (bicyclic) bond motifs is 1. The van der Waals surface area contributed by atoms with Gasteiger partial charge < -0.3 is 15.0 Å². The Morgan fingerprint density at radius 2 is 1.79 bits per heavy atom. The van der Waals surface area contributed by atoms with Crippen molar-refractivity contribution in [2.24, 2.45) is 4.99 Å². The largest absolute Gasteiger partial charge is 0.444 e. The lowest BCUT2D eigenvalue weighted by molar-refractivity contribution is -0.143. The number of rotatable bonds is 4. The van der Waals surface area contributed by atoms with Crippen LogP contribution in [0.25, 0.3) is 16.5 Å². The second kappa shape index (κ2) is 10.9. The SMILES string of the molecule is CC(C)(C)OC(=O)N1CC(NC2=NC(=O)C(=C(Cc3ccc(C(F)(F)F)cc3C(F)(F)F)c3ccc4[nH]ncc4c3)S2)C1. The number of likely N-dealkylation sites (tertiary alicyclic amines) is 1. The maximum absolute atomic E-state index is 14.0. The van der Waals surface area contributed by atoms with Crippen LogP contribution in [0.15, 0.2) is 52.5 Å². The number of benzene rings is 2. The van der Waals surface area contributed by atoms with Gasteiger partial charge in [-0.15, -0.1) is 0 Å². The fourth-order valence-corrected chi connectivity index (χ4v) is 5.58. The molecule has 3 aromatic rings. The predicted molar refractivity (Wildman–Crippen MR) is 148 cm³/mol. The van der Waals surface area contributed by atoms with Crippen molar-refractivity contribution in [1.82, 2.24) is 20.4 Å². The molecule has 2 aliphatic heterocycles. The summed E-state index contributed by atoms with van der Waals surface area (Å²) in [5.41, 5.74) is -2.79. The number of aromatic amines is 1. The number of amidine groups is 1. The van der Waals surface area contributed by atoms with Crippen molar-refractivity contribution in [2.45, 2.75) is 51.2 Å². The number of thioether (sulfide) groups is 1. The molecule has 0 aliphatic carbocycles. The Morgan fingerprint density at radius 1 is 1.07 bits per heavy atom. The van der Waals surface area contributed by atoms with Crippen LogP contribution in [-0.4, -0.2) is 57.0 Å². The third-order valence-corrected chi connectivity index (χ3v) is 7.66. The number of allylic oxidation sites excluding steroid dienone is 1. The number of ether oxygens (including phenoxy) is 1. The zero-order valence-corrected chi connectivity index (χ0v) is 23.8. The maximum Gasteiger partial charge on any atom is 0.416 e. The van der Waals surface area contributed by atoms with Gasteiger partial charge in [-0.3, -0.25) is 9.89 Å². The molecule has 2 aliphatic rings. The summed E-state index contributed by atoms with van der Waals surface area (Å²) in [4.78, 5) is 30.9. The van der Waals surface area contributed by atoms with E-state index in [2.05, 4.69) is 20.5 Å². The van der Waals surface area contributed by atoms with Crippen molar-refractivity contribution >= 4 is 45.4 Å². The van der Waals surface area contributed by atoms with Gasteiger partial charge in [0.15, 0.2) is 5.17 Å². The molecule has 0 unspecified atom stereocenters. The Kier molecular flexibility index (Phi) is 7.73. The lowest BCUT2D eigenvalue weighted by Gasteiger charge is -2.40. The van der Waals surface area contributed by atoms with E-state index < -0.39 is 53.1 Å². The molecule has 2 amide bonds. The molecule has 15 heteroatoms. The predicted octanol–water partition coefficient (Wildman–Crippen LogP) is 6.39. The number of nitrogens with one attached hydrogen (secondary N) is 2. The Balaban J connectivity index is 1.44. The van der Waals surface area contributed by atoms with E-state index in [1.807, 2.05) is 0 Å². The van der Waals surface area contributed by atoms with Crippen LogP contribution in [0, 0.1) is 0 Å². The van der Waals surface area contributed by atoms with Crippen molar-refractivity contribution in [3.05, 3.63) is 69.8 Å². The van der Waals surface area contributed by atoms with Crippen LogP contribution < -0.4 is 5.32 Å². The summed E-state index contributed by atoms with van der Waals surface area (Å²) >= 11 is 0.916. The first-order valence-corrected chi connectivity index (χ1v) is 13.8. The van der Waals surface area contributed by atoms with E-state index in [0.717, 1.165) is 17.8 Å². The van der Waals surface area contributed by atoms with Gasteiger partial charge >= 0.3 is 18.4 Å². The number of nitrogens with zero attached hydrogens (tertiary/aromatic N) is 3. The van der Waals surface area contributed by atoms with E-state index in [0.29, 0.717) is 22.5 Å². The summed E-state index contributed by atoms with van der Waals surface area (Å²) in [7, 11) is 0. The highest BCUT2D eigenvalue weighted by Crippen LogP contribution is 2.41. The molecular weight excluding hydrogens is 600 g/mol. The summed E-state index contributed by atoms with van der Waals surface area (Å²) in [6, 6.07) is 6.06. The number of H-pyrrole nitrogens is 1. The van der Waals surface area contributed by atoms with Crippen LogP contribution in [0.1, 0.15) is 43.0 Å². The highest BCUT2D eigenvalue weighted by molar-refractivity contribution is 8.18. The zero-order valence-electron chi connectivity index (χ0n) is 23.0. The molecule has 0 saturated carbocycles. The first-order valence-electron chi connectivity index (χ1n) is 13.0. The molecule has 1 saturated heterocycles. The average molecular weight is 626 g/mol. The number of alkyl halides is 6. The molecule has 5 rings (SSSR count). The Labute approximate surface area is 245 Å². The van der Waals surface area contributed by atoms with E-state index in [9.17, 15) is 35.9 Å². The van der Waals surface area contributed by atoms with Crippen molar-refractivity contribution in [1.29, 1.82) is 0 Å². The third-order valence-electron chi connectivity index (χ3n) is 6.63. The molecule has 0 radical (unpaired) electrons. The molecule has 8 nitrogen and oxygen atoms in total. The van der Waals surface area contributed by atoms with Gasteiger partial charge in [0.25, 0.3) is 5.91 Å². The minimum Gasteiger partial charge on any atom is -0.444 e. The van der Waals surface area contributed by atoms with Crippen LogP contribution >= 0.6 is 11.8 Å². The van der Waals surface area contributed by atoms with E-state index in [1.54, 1.807) is 39.0 Å². The molecule has 1 fully saturated rings. The van der Waals surface area contributed by atoms with E-state index >= 15 is 0 Å². The van der Waals surface area contributed by atoms with Gasteiger partial charge in [0, 0.05) is 18.5 Å². The molecule has 228 valence electrons. The summed E-state index contributed by atoms with van der Waals surface area (Å²) < 4.78 is 87.1. The highest BCUT2D eigenvalue weighted by Gasteiger charge is 2.39. The third kappa shape index (κ3) is 6.81. The van der Waals surface area contributed by atoms with Gasteiger partial charge in [0.1, 0.15) is 5.60 Å². The van der Waals surface area contributed by atoms with Gasteiger partial charge in [-0.1, -0.05) is 12.1 Å². The number of carbonyl (C=O) groups is 2. The van der Waals surface area contributed by atoms with Gasteiger partial charge in [0.2, 0.25) is 0 Å². The van der Waals surface area contributed by atoms with E-state index in [-0.39, 0.29) is 40.8 Å². The Morgan fingerprint density at radius 3 is 2.44 bits per heavy atom. The molecule has 3 heterocycles. The number of aliphatic imine (C=N–C) groups is 1. The summed E-state index contributed by atoms with van der Waals surface area (Å²) in [6.45, 7) is 5.80. The molecule has 43 heavy (non-hydrogen) atoms. The second-order valence-corrected chi connectivity index (χ2v) is 12.1. The van der Waals surface area contributed by atoms with E-state index in [4.69, 9.17) is 4.74 Å². The normalized spacial score (nSPS) is 17.7. The van der Waals surface area contributed by atoms with Crippen LogP contribution in [0.5, 0.6) is 0 Å². The number of hydrogen-bond acceptors (Lipinski definition) is 6. The molecular formula is C28H25F6N5O3S. The Hall–Kier alpha value is -4.01. The molecule has 1 aromatic heterocycles. The lowest BCUT2D eigenvalue weighted by Crippen LogP contribution is -2.61. The number of hydrogen-bond donors (Lipinski definition) is 2. The topological polar surface area (TPSA) is 99.7 Å². The number of amides is 2. The fourth-order valence-electron chi connectivity index (χ4n) is 4.58. The van der Waals surface area contributed by atoms with Crippen molar-refractivity contribution in [3.8, 4) is 0 Å². The van der Waals surface area contributed by atoms with Crippen LogP contribution in [0.2, 0.25) is 0 Å². The summed E-state index contributed by atoms with van der Waals surface area (Å²) in [5.74, 6) is -0.710.